The monoisotopic (exact) mass is 125 g/mol. The molecule has 0 spiro atoms. The zero-order valence-corrected chi connectivity index (χ0v) is 3.88. The minimum atomic E-state index is 1.00. The Bertz CT molecular complexity index is 8.00. The van der Waals surface area contributed by atoms with Crippen molar-refractivity contribution in [1.29, 1.82) is 0 Å². The number of rotatable bonds is 0. The first-order chi connectivity index (χ1) is 2.00. The van der Waals surface area contributed by atoms with Crippen molar-refractivity contribution in [2.24, 2.45) is 0 Å². The van der Waals surface area contributed by atoms with E-state index in [2.05, 4.69) is 24.8 Å². The van der Waals surface area contributed by atoms with Crippen LogP contribution in [0.25, 0.3) is 0 Å². The second kappa shape index (κ2) is 51.0. The van der Waals surface area contributed by atoms with Gasteiger partial charge < -0.3 is 5.11 Å². The molecule has 3 heteroatoms. The van der Waals surface area contributed by atoms with Gasteiger partial charge in [-0.25, -0.2) is 0 Å². The van der Waals surface area contributed by atoms with E-state index < -0.39 is 0 Å². The third kappa shape index (κ3) is 15.1. The van der Waals surface area contributed by atoms with Crippen molar-refractivity contribution in [3.05, 3.63) is 0 Å². The molecule has 0 rings (SSSR count). The van der Waals surface area contributed by atoms with Crippen molar-refractivity contribution in [3.63, 3.8) is 0 Å². The Morgan fingerprint density at radius 3 is 1.50 bits per heavy atom. The van der Waals surface area contributed by atoms with E-state index in [1.54, 1.807) is 0 Å². The second-order valence-corrected chi connectivity index (χ2v) is 0. The standard InChI is InChI=1S/CH4O.ClH.Ni/c1-2;;/h2H,1H3;1H;/q;;+1/p-1. The fraction of sp³-hybridized carbons (Fsp3) is 1.00. The summed E-state index contributed by atoms with van der Waals surface area (Å²) in [6, 6.07) is 0. The molecule has 0 aliphatic carbocycles. The molecule has 0 bridgehead atoms. The molecule has 0 amide bonds. The van der Waals surface area contributed by atoms with Crippen LogP contribution in [-0.4, -0.2) is 12.2 Å². The van der Waals surface area contributed by atoms with Crippen LogP contribution < -0.4 is 0 Å². The number of aliphatic hydroxyl groups is 1. The van der Waals surface area contributed by atoms with Gasteiger partial charge in [0.15, 0.2) is 0 Å². The van der Waals surface area contributed by atoms with Gasteiger partial charge in [0.25, 0.3) is 0 Å². The Balaban J connectivity index is 0. The van der Waals surface area contributed by atoms with Crippen molar-refractivity contribution in [1.82, 2.24) is 0 Å². The normalized spacial score (nSPS) is 3.25. The van der Waals surface area contributed by atoms with Gasteiger partial charge in [-0.15, -0.1) is 0 Å². The first-order valence-corrected chi connectivity index (χ1v) is 1.93. The van der Waals surface area contributed by atoms with Crippen molar-refractivity contribution >= 4 is 10.2 Å². The molecule has 0 aliphatic rings. The molecule has 0 saturated carbocycles. The first kappa shape index (κ1) is 8.83. The Morgan fingerprint density at radius 2 is 1.50 bits per heavy atom. The van der Waals surface area contributed by atoms with Crippen molar-refractivity contribution in [2.45, 2.75) is 0 Å². The number of aliphatic hydroxyl groups excluding tert-OH is 1. The zero-order chi connectivity index (χ0) is 4.00. The zero-order valence-electron chi connectivity index (χ0n) is 2.14. The van der Waals surface area contributed by atoms with E-state index in [-0.39, 0.29) is 0 Å². The summed E-state index contributed by atoms with van der Waals surface area (Å²) in [5.41, 5.74) is 0. The van der Waals surface area contributed by atoms with E-state index in [1.807, 2.05) is 0 Å². The molecule has 1 N–H and O–H groups in total. The molecule has 1 nitrogen and oxygen atoms in total. The van der Waals surface area contributed by atoms with Crippen LogP contribution in [0.3, 0.4) is 0 Å². The Morgan fingerprint density at radius 1 is 1.50 bits per heavy atom. The molecule has 0 aromatic heterocycles. The quantitative estimate of drug-likeness (QED) is 0.463. The first-order valence-electron chi connectivity index (χ1n) is 0.567. The van der Waals surface area contributed by atoms with E-state index in [0.717, 1.165) is 7.11 Å². The summed E-state index contributed by atoms with van der Waals surface area (Å²) < 4.78 is 0. The van der Waals surface area contributed by atoms with E-state index in [4.69, 9.17) is 5.11 Å². The van der Waals surface area contributed by atoms with E-state index in [0.29, 0.717) is 0 Å². The van der Waals surface area contributed by atoms with Crippen LogP contribution in [0.1, 0.15) is 0 Å². The van der Waals surface area contributed by atoms with Gasteiger partial charge in [0.05, 0.1) is 0 Å². The molecule has 0 radical (unpaired) electrons. The Labute approximate surface area is 37.6 Å². The van der Waals surface area contributed by atoms with Gasteiger partial charge in [-0.3, -0.25) is 0 Å². The van der Waals surface area contributed by atoms with Crippen LogP contribution in [0, 0.1) is 0 Å². The topological polar surface area (TPSA) is 20.2 Å². The fourth-order valence-electron chi connectivity index (χ4n) is 0. The van der Waals surface area contributed by atoms with Crippen LogP contribution >= 0.6 is 10.2 Å². The molecule has 0 saturated heterocycles. The van der Waals surface area contributed by atoms with Gasteiger partial charge in [0.2, 0.25) is 0 Å². The van der Waals surface area contributed by atoms with Crippen LogP contribution in [0.4, 0.5) is 0 Å². The van der Waals surface area contributed by atoms with Crippen molar-refractivity contribution in [3.8, 4) is 0 Å². The van der Waals surface area contributed by atoms with Gasteiger partial charge in [-0.05, 0) is 0 Å². The summed E-state index contributed by atoms with van der Waals surface area (Å²) in [4.78, 5) is 0. The molecule has 0 aromatic carbocycles. The summed E-state index contributed by atoms with van der Waals surface area (Å²) in [6.07, 6.45) is 0. The van der Waals surface area contributed by atoms with E-state index in [1.165, 1.54) is 0 Å². The molecule has 0 aromatic rings. The molecule has 4 heavy (non-hydrogen) atoms. The summed E-state index contributed by atoms with van der Waals surface area (Å²) in [7, 11) is 5.26. The summed E-state index contributed by atoms with van der Waals surface area (Å²) >= 11 is 3.35. The summed E-state index contributed by atoms with van der Waals surface area (Å²) in [6.45, 7) is 0. The third-order valence-electron chi connectivity index (χ3n) is 0. The molecular weight excluding hydrogens is 122 g/mol. The van der Waals surface area contributed by atoms with Gasteiger partial charge in [0, 0.05) is 7.11 Å². The summed E-state index contributed by atoms with van der Waals surface area (Å²) in [5, 5.41) is 7.00. The van der Waals surface area contributed by atoms with Crippen LogP contribution in [0.15, 0.2) is 0 Å². The van der Waals surface area contributed by atoms with Crippen LogP contribution in [-0.2, 0) is 14.6 Å². The van der Waals surface area contributed by atoms with Crippen molar-refractivity contribution < 1.29 is 19.7 Å². The van der Waals surface area contributed by atoms with Crippen LogP contribution in [0.2, 0.25) is 0 Å². The van der Waals surface area contributed by atoms with E-state index in [9.17, 15) is 0 Å². The molecule has 0 heterocycles. The number of halogens is 1. The second-order valence-electron chi connectivity index (χ2n) is 0. The van der Waals surface area contributed by atoms with E-state index >= 15 is 0 Å². The Kier molecular flexibility index (Phi) is 113. The molecule has 0 aliphatic heterocycles. The minimum absolute atomic E-state index is 1.00. The van der Waals surface area contributed by atoms with Crippen molar-refractivity contribution in [2.75, 3.05) is 7.11 Å². The SMILES string of the molecule is CO.[Cl][Ni]. The molecule has 0 fully saturated rings. The maximum absolute atomic E-state index is 7.00. The van der Waals surface area contributed by atoms with Gasteiger partial charge in [-0.1, -0.05) is 0 Å². The average molecular weight is 126 g/mol. The predicted molar refractivity (Wildman–Crippen MR) is 14.0 cm³/mol. The molecule has 31 valence electrons. The molecule has 0 atom stereocenters. The average Bonchev–Trinajstić information content (AvgIpc) is 1.50. The maximum atomic E-state index is 7.00. The molecule has 0 unspecified atom stereocenters. The van der Waals surface area contributed by atoms with Gasteiger partial charge in [0.1, 0.15) is 0 Å². The Hall–Kier alpha value is 0.744. The predicted octanol–water partition coefficient (Wildman–Crippen LogP) is 0.295. The third-order valence-corrected chi connectivity index (χ3v) is 0. The molecular formula is CH4ClNiO. The fourth-order valence-corrected chi connectivity index (χ4v) is 0. The van der Waals surface area contributed by atoms with Gasteiger partial charge in [-0.2, -0.15) is 0 Å². The number of hydrogen-bond donors (Lipinski definition) is 1. The van der Waals surface area contributed by atoms with Gasteiger partial charge >= 0.3 is 24.8 Å². The van der Waals surface area contributed by atoms with Crippen LogP contribution in [0.5, 0.6) is 0 Å². The number of hydrogen-bond acceptors (Lipinski definition) is 1. The summed E-state index contributed by atoms with van der Waals surface area (Å²) in [5.74, 6) is 0.